The SMILES string of the molecule is CNC(=O)CCl.COC(C)=O. The molecule has 0 unspecified atom stereocenters. The molecule has 0 rings (SSSR count). The Morgan fingerprint density at radius 1 is 1.55 bits per heavy atom. The van der Waals surface area contributed by atoms with Gasteiger partial charge in [-0.05, 0) is 0 Å². The standard InChI is InChI=1S/C3H6ClNO.C3H6O2/c1-5-3(6)2-4;1-3(4)5-2/h2H2,1H3,(H,5,6);1-2H3. The maximum atomic E-state index is 9.94. The molecular formula is C6H12ClNO3. The number of halogens is 1. The number of methoxy groups -OCH3 is 1. The minimum absolute atomic E-state index is 0.0521. The lowest BCUT2D eigenvalue weighted by Crippen LogP contribution is -2.18. The minimum atomic E-state index is -0.245. The molecule has 4 nitrogen and oxygen atoms in total. The fourth-order valence-electron chi connectivity index (χ4n) is 0.0668. The smallest absolute Gasteiger partial charge is 0.302 e. The summed E-state index contributed by atoms with van der Waals surface area (Å²) in [6.45, 7) is 1.36. The van der Waals surface area contributed by atoms with Gasteiger partial charge in [0.15, 0.2) is 0 Å². The number of rotatable bonds is 1. The van der Waals surface area contributed by atoms with E-state index in [-0.39, 0.29) is 17.8 Å². The first-order valence-electron chi connectivity index (χ1n) is 2.89. The van der Waals surface area contributed by atoms with Gasteiger partial charge in [0.2, 0.25) is 5.91 Å². The first-order valence-corrected chi connectivity index (χ1v) is 3.43. The summed E-state index contributed by atoms with van der Waals surface area (Å²) in [5, 5.41) is 2.34. The van der Waals surface area contributed by atoms with Crippen LogP contribution in [0.2, 0.25) is 0 Å². The summed E-state index contributed by atoms with van der Waals surface area (Å²) in [6, 6.07) is 0. The van der Waals surface area contributed by atoms with Crippen LogP contribution in [-0.2, 0) is 14.3 Å². The third-order valence-electron chi connectivity index (χ3n) is 0.688. The van der Waals surface area contributed by atoms with Crippen LogP contribution < -0.4 is 5.32 Å². The molecule has 1 amide bonds. The Kier molecular flexibility index (Phi) is 10.8. The number of amides is 1. The van der Waals surface area contributed by atoms with Gasteiger partial charge in [0.1, 0.15) is 5.88 Å². The quantitative estimate of drug-likeness (QED) is 0.463. The van der Waals surface area contributed by atoms with E-state index >= 15 is 0 Å². The summed E-state index contributed by atoms with van der Waals surface area (Å²) in [4.78, 5) is 19.5. The zero-order chi connectivity index (χ0) is 9.28. The Balaban J connectivity index is 0. The van der Waals surface area contributed by atoms with Crippen molar-refractivity contribution >= 4 is 23.5 Å². The molecule has 11 heavy (non-hydrogen) atoms. The predicted octanol–water partition coefficient (Wildman–Crippen LogP) is 0.150. The van der Waals surface area contributed by atoms with Crippen LogP contribution in [0, 0.1) is 0 Å². The Morgan fingerprint density at radius 2 is 1.91 bits per heavy atom. The Morgan fingerprint density at radius 3 is 1.91 bits per heavy atom. The van der Waals surface area contributed by atoms with Crippen LogP contribution in [0.4, 0.5) is 0 Å². The van der Waals surface area contributed by atoms with E-state index in [9.17, 15) is 9.59 Å². The number of ether oxygens (including phenoxy) is 1. The van der Waals surface area contributed by atoms with Gasteiger partial charge >= 0.3 is 5.97 Å². The van der Waals surface area contributed by atoms with Gasteiger partial charge in [-0.3, -0.25) is 9.59 Å². The van der Waals surface area contributed by atoms with Crippen LogP contribution in [0.25, 0.3) is 0 Å². The third kappa shape index (κ3) is 17.6. The highest BCUT2D eigenvalue weighted by Gasteiger charge is 1.86. The molecule has 0 atom stereocenters. The second kappa shape index (κ2) is 9.23. The molecule has 0 heterocycles. The fourth-order valence-corrected chi connectivity index (χ4v) is 0.200. The second-order valence-corrected chi connectivity index (χ2v) is 1.77. The number of alkyl halides is 1. The van der Waals surface area contributed by atoms with E-state index in [0.29, 0.717) is 0 Å². The van der Waals surface area contributed by atoms with Crippen molar-refractivity contribution in [3.8, 4) is 0 Å². The summed E-state index contributed by atoms with van der Waals surface area (Å²) < 4.78 is 4.11. The van der Waals surface area contributed by atoms with Crippen molar-refractivity contribution in [1.82, 2.24) is 5.32 Å². The van der Waals surface area contributed by atoms with E-state index in [1.807, 2.05) is 0 Å². The molecule has 1 N–H and O–H groups in total. The lowest BCUT2D eigenvalue weighted by molar-refractivity contribution is -0.137. The maximum Gasteiger partial charge on any atom is 0.302 e. The number of nitrogens with one attached hydrogen (secondary N) is 1. The molecule has 0 aliphatic carbocycles. The van der Waals surface area contributed by atoms with Crippen LogP contribution >= 0.6 is 11.6 Å². The number of hydrogen-bond acceptors (Lipinski definition) is 3. The number of carbonyl (C=O) groups excluding carboxylic acids is 2. The minimum Gasteiger partial charge on any atom is -0.469 e. The highest BCUT2D eigenvalue weighted by atomic mass is 35.5. The van der Waals surface area contributed by atoms with Crippen LogP contribution in [-0.4, -0.2) is 31.9 Å². The molecule has 66 valence electrons. The molecule has 0 saturated heterocycles. The van der Waals surface area contributed by atoms with E-state index in [1.165, 1.54) is 14.0 Å². The normalized spacial score (nSPS) is 7.27. The van der Waals surface area contributed by atoms with Gasteiger partial charge in [-0.15, -0.1) is 11.6 Å². The number of carbonyl (C=O) groups is 2. The lowest BCUT2D eigenvalue weighted by atomic mass is 10.7. The molecule has 0 saturated carbocycles. The van der Waals surface area contributed by atoms with Gasteiger partial charge in [0.25, 0.3) is 0 Å². The summed E-state index contributed by atoms with van der Waals surface area (Å²) in [5.74, 6) is -0.335. The summed E-state index contributed by atoms with van der Waals surface area (Å²) in [7, 11) is 2.90. The van der Waals surface area contributed by atoms with Crippen molar-refractivity contribution in [3.05, 3.63) is 0 Å². The average Bonchev–Trinajstić information content (AvgIpc) is 2.04. The van der Waals surface area contributed by atoms with Crippen molar-refractivity contribution < 1.29 is 14.3 Å². The molecule has 0 fully saturated rings. The van der Waals surface area contributed by atoms with Gasteiger partial charge in [0, 0.05) is 14.0 Å². The molecular weight excluding hydrogens is 170 g/mol. The molecule has 0 bridgehead atoms. The third-order valence-corrected chi connectivity index (χ3v) is 0.930. The zero-order valence-electron chi connectivity index (χ0n) is 6.81. The van der Waals surface area contributed by atoms with Gasteiger partial charge in [-0.1, -0.05) is 0 Å². The van der Waals surface area contributed by atoms with Gasteiger partial charge in [-0.2, -0.15) is 0 Å². The summed E-state index contributed by atoms with van der Waals surface area (Å²) in [5.41, 5.74) is 0. The molecule has 0 radical (unpaired) electrons. The van der Waals surface area contributed by atoms with Gasteiger partial charge in [-0.25, -0.2) is 0 Å². The van der Waals surface area contributed by atoms with Gasteiger partial charge in [0.05, 0.1) is 7.11 Å². The fraction of sp³-hybridized carbons (Fsp3) is 0.667. The van der Waals surface area contributed by atoms with E-state index < -0.39 is 0 Å². The average molecular weight is 182 g/mol. The second-order valence-electron chi connectivity index (χ2n) is 1.50. The Bertz CT molecular complexity index is 121. The molecule has 0 aromatic rings. The van der Waals surface area contributed by atoms with Crippen molar-refractivity contribution in [2.24, 2.45) is 0 Å². The monoisotopic (exact) mass is 181 g/mol. The molecule has 0 spiro atoms. The lowest BCUT2D eigenvalue weighted by Gasteiger charge is -1.85. The van der Waals surface area contributed by atoms with Crippen molar-refractivity contribution in [3.63, 3.8) is 0 Å². The molecule has 0 aromatic heterocycles. The van der Waals surface area contributed by atoms with E-state index in [0.717, 1.165) is 0 Å². The topological polar surface area (TPSA) is 55.4 Å². The van der Waals surface area contributed by atoms with Crippen molar-refractivity contribution in [2.45, 2.75) is 6.92 Å². The van der Waals surface area contributed by atoms with Crippen LogP contribution in [0.15, 0.2) is 0 Å². The largest absolute Gasteiger partial charge is 0.469 e. The van der Waals surface area contributed by atoms with E-state index in [4.69, 9.17) is 11.6 Å². The molecule has 0 aliphatic rings. The van der Waals surface area contributed by atoms with Crippen LogP contribution in [0.5, 0.6) is 0 Å². The number of hydrogen-bond donors (Lipinski definition) is 1. The number of esters is 1. The highest BCUT2D eigenvalue weighted by molar-refractivity contribution is 6.27. The van der Waals surface area contributed by atoms with Crippen LogP contribution in [0.1, 0.15) is 6.92 Å². The first kappa shape index (κ1) is 12.9. The molecule has 5 heteroatoms. The predicted molar refractivity (Wildman–Crippen MR) is 42.5 cm³/mol. The zero-order valence-corrected chi connectivity index (χ0v) is 7.57. The highest BCUT2D eigenvalue weighted by Crippen LogP contribution is 1.68. The maximum absolute atomic E-state index is 9.94. The van der Waals surface area contributed by atoms with Crippen LogP contribution in [0.3, 0.4) is 0 Å². The Labute approximate surface area is 70.9 Å². The van der Waals surface area contributed by atoms with E-state index in [2.05, 4.69) is 10.1 Å². The molecule has 0 aliphatic heterocycles. The van der Waals surface area contributed by atoms with E-state index in [1.54, 1.807) is 7.05 Å². The van der Waals surface area contributed by atoms with Gasteiger partial charge < -0.3 is 10.1 Å². The molecule has 0 aromatic carbocycles. The Hall–Kier alpha value is -0.770. The van der Waals surface area contributed by atoms with Crippen molar-refractivity contribution in [1.29, 1.82) is 0 Å². The first-order chi connectivity index (χ1) is 5.08. The summed E-state index contributed by atoms with van der Waals surface area (Å²) in [6.07, 6.45) is 0. The van der Waals surface area contributed by atoms with Crippen molar-refractivity contribution in [2.75, 3.05) is 20.0 Å². The summed E-state index contributed by atoms with van der Waals surface area (Å²) >= 11 is 5.04.